The molecular formula is C20H18FN3S. The van der Waals surface area contributed by atoms with Gasteiger partial charge in [0.2, 0.25) is 0 Å². The number of fused-ring (bicyclic) bond motifs is 1. The number of aryl methyl sites for hydroxylation is 1. The van der Waals surface area contributed by atoms with E-state index >= 15 is 0 Å². The zero-order chi connectivity index (χ0) is 17.8. The Morgan fingerprint density at radius 1 is 1.20 bits per heavy atom. The molecule has 0 fully saturated rings. The minimum Gasteiger partial charge on any atom is -0.354 e. The highest BCUT2D eigenvalue weighted by atomic mass is 32.2. The molecule has 0 aliphatic rings. The van der Waals surface area contributed by atoms with Crippen molar-refractivity contribution in [2.75, 3.05) is 11.6 Å². The highest BCUT2D eigenvalue weighted by Gasteiger charge is 2.09. The summed E-state index contributed by atoms with van der Waals surface area (Å²) in [6.07, 6.45) is 5.31. The monoisotopic (exact) mass is 351 g/mol. The predicted molar refractivity (Wildman–Crippen MR) is 106 cm³/mol. The Morgan fingerprint density at radius 2 is 2.04 bits per heavy atom. The summed E-state index contributed by atoms with van der Waals surface area (Å²) >= 11 is 1.33. The number of halogens is 1. The van der Waals surface area contributed by atoms with Crippen LogP contribution in [0, 0.1) is 18.2 Å². The summed E-state index contributed by atoms with van der Waals surface area (Å²) in [5, 5.41) is 12.7. The summed E-state index contributed by atoms with van der Waals surface area (Å²) in [5.41, 5.74) is 3.71. The van der Waals surface area contributed by atoms with Gasteiger partial charge in [0.25, 0.3) is 0 Å². The van der Waals surface area contributed by atoms with Crippen LogP contribution in [0.2, 0.25) is 0 Å². The van der Waals surface area contributed by atoms with Crippen LogP contribution in [-0.2, 0) is 0 Å². The molecule has 5 heteroatoms. The maximum Gasteiger partial charge on any atom is 0.126 e. The van der Waals surface area contributed by atoms with Crippen molar-refractivity contribution in [1.82, 2.24) is 4.98 Å². The quantitative estimate of drug-likeness (QED) is 0.484. The number of rotatable bonds is 4. The minimum absolute atomic E-state index is 0.263. The van der Waals surface area contributed by atoms with Gasteiger partial charge in [0, 0.05) is 28.5 Å². The standard InChI is InChI=1S/C20H18FN3S/c1-13-8-9-14(11-16(13)21)19(12-20(22)25-2)24-18-7-3-6-17-15(18)5-4-10-23-17/h3-12,22,24H,1-2H3/b19-12-,22-20?. The van der Waals surface area contributed by atoms with Crippen molar-refractivity contribution in [3.63, 3.8) is 0 Å². The van der Waals surface area contributed by atoms with Crippen molar-refractivity contribution in [3.05, 3.63) is 77.7 Å². The number of benzene rings is 2. The lowest BCUT2D eigenvalue weighted by molar-refractivity contribution is 0.618. The van der Waals surface area contributed by atoms with Gasteiger partial charge in [-0.1, -0.05) is 18.2 Å². The summed E-state index contributed by atoms with van der Waals surface area (Å²) in [7, 11) is 0. The van der Waals surface area contributed by atoms with Crippen molar-refractivity contribution in [3.8, 4) is 0 Å². The molecule has 0 aliphatic heterocycles. The van der Waals surface area contributed by atoms with Crippen molar-refractivity contribution in [2.45, 2.75) is 6.92 Å². The maximum absolute atomic E-state index is 14.0. The van der Waals surface area contributed by atoms with Crippen LogP contribution < -0.4 is 5.32 Å². The Morgan fingerprint density at radius 3 is 2.80 bits per heavy atom. The number of anilines is 1. The van der Waals surface area contributed by atoms with Crippen LogP contribution >= 0.6 is 11.8 Å². The number of hydrogen-bond donors (Lipinski definition) is 2. The number of thioether (sulfide) groups is 1. The highest BCUT2D eigenvalue weighted by molar-refractivity contribution is 8.13. The Labute approximate surface area is 150 Å². The number of aromatic nitrogens is 1. The smallest absolute Gasteiger partial charge is 0.126 e. The average molecular weight is 351 g/mol. The van der Waals surface area contributed by atoms with E-state index in [-0.39, 0.29) is 5.82 Å². The van der Waals surface area contributed by atoms with Crippen LogP contribution in [0.15, 0.2) is 60.8 Å². The molecule has 3 rings (SSSR count). The van der Waals surface area contributed by atoms with Crippen LogP contribution in [0.5, 0.6) is 0 Å². The minimum atomic E-state index is -0.263. The lowest BCUT2D eigenvalue weighted by Crippen LogP contribution is -2.03. The normalized spacial score (nSPS) is 11.6. The first-order chi connectivity index (χ1) is 12.1. The van der Waals surface area contributed by atoms with E-state index in [9.17, 15) is 4.39 Å². The molecule has 0 amide bonds. The summed E-state index contributed by atoms with van der Waals surface area (Å²) in [6.45, 7) is 1.73. The second-order valence-corrected chi connectivity index (χ2v) is 6.44. The molecule has 0 radical (unpaired) electrons. The van der Waals surface area contributed by atoms with E-state index in [2.05, 4.69) is 10.3 Å². The first-order valence-corrected chi connectivity index (χ1v) is 9.02. The highest BCUT2D eigenvalue weighted by Crippen LogP contribution is 2.27. The third-order valence-corrected chi connectivity index (χ3v) is 4.45. The van der Waals surface area contributed by atoms with Crippen molar-refractivity contribution < 1.29 is 4.39 Å². The van der Waals surface area contributed by atoms with E-state index in [1.54, 1.807) is 25.3 Å². The Hall–Kier alpha value is -2.66. The van der Waals surface area contributed by atoms with Crippen LogP contribution in [0.1, 0.15) is 11.1 Å². The zero-order valence-electron chi connectivity index (χ0n) is 14.0. The second-order valence-electron chi connectivity index (χ2n) is 5.59. The molecule has 3 aromatic rings. The molecule has 0 aliphatic carbocycles. The van der Waals surface area contributed by atoms with E-state index in [1.165, 1.54) is 17.8 Å². The number of hydrogen-bond acceptors (Lipinski definition) is 4. The number of pyridine rings is 1. The van der Waals surface area contributed by atoms with Gasteiger partial charge in [-0.05, 0) is 55.2 Å². The van der Waals surface area contributed by atoms with Crippen molar-refractivity contribution in [2.24, 2.45) is 0 Å². The summed E-state index contributed by atoms with van der Waals surface area (Å²) in [4.78, 5) is 4.36. The van der Waals surface area contributed by atoms with Gasteiger partial charge in [0.1, 0.15) is 5.82 Å². The molecule has 2 aromatic carbocycles. The fourth-order valence-corrected chi connectivity index (χ4v) is 2.74. The average Bonchev–Trinajstić information content (AvgIpc) is 2.63. The summed E-state index contributed by atoms with van der Waals surface area (Å²) in [5.74, 6) is -0.263. The Kier molecular flexibility index (Phi) is 5.14. The van der Waals surface area contributed by atoms with Gasteiger partial charge in [-0.25, -0.2) is 4.39 Å². The van der Waals surface area contributed by atoms with Gasteiger partial charge in [-0.3, -0.25) is 10.4 Å². The summed E-state index contributed by atoms with van der Waals surface area (Å²) in [6, 6.07) is 14.8. The number of nitrogens with one attached hydrogen (secondary N) is 2. The lowest BCUT2D eigenvalue weighted by Gasteiger charge is -2.14. The number of nitrogens with zero attached hydrogens (tertiary/aromatic N) is 1. The van der Waals surface area contributed by atoms with E-state index in [0.717, 1.165) is 16.6 Å². The molecule has 3 nitrogen and oxygen atoms in total. The van der Waals surface area contributed by atoms with Crippen LogP contribution in [0.25, 0.3) is 16.6 Å². The molecule has 126 valence electrons. The topological polar surface area (TPSA) is 48.8 Å². The molecule has 1 heterocycles. The second kappa shape index (κ2) is 7.49. The molecule has 1 aromatic heterocycles. The molecular weight excluding hydrogens is 333 g/mol. The first kappa shape index (κ1) is 17.2. The van der Waals surface area contributed by atoms with Crippen LogP contribution in [0.4, 0.5) is 10.1 Å². The molecule has 0 spiro atoms. The van der Waals surface area contributed by atoms with E-state index in [0.29, 0.717) is 21.9 Å². The molecule has 0 saturated carbocycles. The maximum atomic E-state index is 14.0. The van der Waals surface area contributed by atoms with Crippen LogP contribution in [-0.4, -0.2) is 16.3 Å². The van der Waals surface area contributed by atoms with Gasteiger partial charge in [0.15, 0.2) is 0 Å². The lowest BCUT2D eigenvalue weighted by atomic mass is 10.1. The van der Waals surface area contributed by atoms with Crippen LogP contribution in [0.3, 0.4) is 0 Å². The third kappa shape index (κ3) is 3.88. The third-order valence-electron chi connectivity index (χ3n) is 3.89. The van der Waals surface area contributed by atoms with Gasteiger partial charge < -0.3 is 5.32 Å². The van der Waals surface area contributed by atoms with Crippen molar-refractivity contribution >= 4 is 39.1 Å². The SMILES string of the molecule is CSC(=N)/C=C(\Nc1cccc2ncccc12)c1ccc(C)c(F)c1. The molecule has 0 unspecified atom stereocenters. The largest absolute Gasteiger partial charge is 0.354 e. The van der Waals surface area contributed by atoms with Crippen molar-refractivity contribution in [1.29, 1.82) is 5.41 Å². The van der Waals surface area contributed by atoms with E-state index < -0.39 is 0 Å². The van der Waals surface area contributed by atoms with E-state index in [4.69, 9.17) is 5.41 Å². The Balaban J connectivity index is 2.07. The first-order valence-electron chi connectivity index (χ1n) is 7.80. The molecule has 25 heavy (non-hydrogen) atoms. The molecule has 0 saturated heterocycles. The van der Waals surface area contributed by atoms with Gasteiger partial charge in [0.05, 0.1) is 10.6 Å². The zero-order valence-corrected chi connectivity index (χ0v) is 14.8. The van der Waals surface area contributed by atoms with Gasteiger partial charge in [-0.15, -0.1) is 11.8 Å². The molecule has 0 bridgehead atoms. The predicted octanol–water partition coefficient (Wildman–Crippen LogP) is 5.48. The molecule has 0 atom stereocenters. The van der Waals surface area contributed by atoms with E-state index in [1.807, 2.05) is 42.7 Å². The van der Waals surface area contributed by atoms with Gasteiger partial charge >= 0.3 is 0 Å². The fraction of sp³-hybridized carbons (Fsp3) is 0.100. The molecule has 2 N–H and O–H groups in total. The fourth-order valence-electron chi connectivity index (χ4n) is 2.50. The Bertz CT molecular complexity index is 961. The summed E-state index contributed by atoms with van der Waals surface area (Å²) < 4.78 is 14.0. The van der Waals surface area contributed by atoms with Gasteiger partial charge in [-0.2, -0.15) is 0 Å².